The summed E-state index contributed by atoms with van der Waals surface area (Å²) in [5.74, 6) is 0. The average molecular weight is 130 g/mol. The zero-order valence-electron chi connectivity index (χ0n) is 5.76. The summed E-state index contributed by atoms with van der Waals surface area (Å²) in [6.07, 6.45) is 0. The Morgan fingerprint density at radius 1 is 1.78 bits per heavy atom. The summed E-state index contributed by atoms with van der Waals surface area (Å²) in [4.78, 5) is 0. The second-order valence-electron chi connectivity index (χ2n) is 2.49. The van der Waals surface area contributed by atoms with Crippen molar-refractivity contribution in [2.24, 2.45) is 5.73 Å². The quantitative estimate of drug-likeness (QED) is 0.494. The zero-order chi connectivity index (χ0) is 6.69. The minimum Gasteiger partial charge on any atom is -0.378 e. The summed E-state index contributed by atoms with van der Waals surface area (Å²) >= 11 is 0. The van der Waals surface area contributed by atoms with E-state index in [4.69, 9.17) is 10.5 Å². The van der Waals surface area contributed by atoms with Gasteiger partial charge in [-0.05, 0) is 6.92 Å². The molecule has 1 rings (SSSR count). The fourth-order valence-electron chi connectivity index (χ4n) is 0.923. The molecule has 0 radical (unpaired) electrons. The lowest BCUT2D eigenvalue weighted by Crippen LogP contribution is -2.50. The van der Waals surface area contributed by atoms with Gasteiger partial charge in [0.2, 0.25) is 0 Å². The number of nitrogens with one attached hydrogen (secondary N) is 1. The highest BCUT2D eigenvalue weighted by atomic mass is 16.5. The number of rotatable bonds is 1. The monoisotopic (exact) mass is 130 g/mol. The van der Waals surface area contributed by atoms with Crippen LogP contribution in [-0.4, -0.2) is 31.8 Å². The third-order valence-corrected chi connectivity index (χ3v) is 1.59. The van der Waals surface area contributed by atoms with E-state index in [9.17, 15) is 0 Å². The van der Waals surface area contributed by atoms with E-state index in [1.165, 1.54) is 0 Å². The fraction of sp³-hybridized carbons (Fsp3) is 1.00. The van der Waals surface area contributed by atoms with E-state index >= 15 is 0 Å². The van der Waals surface area contributed by atoms with E-state index in [-0.39, 0.29) is 6.04 Å². The van der Waals surface area contributed by atoms with Crippen molar-refractivity contribution in [3.8, 4) is 0 Å². The Labute approximate surface area is 55.6 Å². The maximum absolute atomic E-state index is 5.62. The minimum absolute atomic E-state index is 0.199. The smallest absolute Gasteiger partial charge is 0.0635 e. The molecule has 1 aliphatic rings. The van der Waals surface area contributed by atoms with E-state index < -0.39 is 0 Å². The van der Waals surface area contributed by atoms with Gasteiger partial charge in [0, 0.05) is 18.6 Å². The molecule has 0 aromatic carbocycles. The summed E-state index contributed by atoms with van der Waals surface area (Å²) in [5, 5.41) is 3.27. The largest absolute Gasteiger partial charge is 0.378 e. The number of morpholine rings is 1. The van der Waals surface area contributed by atoms with Gasteiger partial charge < -0.3 is 15.8 Å². The lowest BCUT2D eigenvalue weighted by molar-refractivity contribution is 0.0705. The normalized spacial score (nSPS) is 32.0. The molecule has 0 saturated carbocycles. The highest BCUT2D eigenvalue weighted by Crippen LogP contribution is 1.95. The molecule has 1 fully saturated rings. The topological polar surface area (TPSA) is 47.3 Å². The van der Waals surface area contributed by atoms with Crippen LogP contribution in [-0.2, 0) is 4.74 Å². The Hall–Kier alpha value is -0.120. The van der Waals surface area contributed by atoms with Gasteiger partial charge in [0.25, 0.3) is 0 Å². The van der Waals surface area contributed by atoms with Gasteiger partial charge in [0.1, 0.15) is 0 Å². The molecule has 3 nitrogen and oxygen atoms in total. The van der Waals surface area contributed by atoms with Crippen molar-refractivity contribution >= 4 is 0 Å². The van der Waals surface area contributed by atoms with Crippen LogP contribution in [0.1, 0.15) is 6.92 Å². The fourth-order valence-corrected chi connectivity index (χ4v) is 0.923. The molecule has 1 saturated heterocycles. The van der Waals surface area contributed by atoms with Crippen LogP contribution in [0.5, 0.6) is 0 Å². The molecule has 54 valence electrons. The summed E-state index contributed by atoms with van der Waals surface area (Å²) in [6, 6.07) is 0.559. The van der Waals surface area contributed by atoms with Gasteiger partial charge in [-0.1, -0.05) is 0 Å². The molecule has 0 aliphatic carbocycles. The van der Waals surface area contributed by atoms with Crippen LogP contribution >= 0.6 is 0 Å². The van der Waals surface area contributed by atoms with Crippen LogP contribution in [0.4, 0.5) is 0 Å². The standard InChI is InChI=1S/C6H14N2O/c1-5(7)6-4-9-3-2-8-6/h5-6,8H,2-4,7H2,1H3. The van der Waals surface area contributed by atoms with Crippen LogP contribution in [0.2, 0.25) is 0 Å². The highest BCUT2D eigenvalue weighted by Gasteiger charge is 2.15. The second-order valence-corrected chi connectivity index (χ2v) is 2.49. The van der Waals surface area contributed by atoms with Crippen molar-refractivity contribution in [2.75, 3.05) is 19.8 Å². The van der Waals surface area contributed by atoms with Crippen LogP contribution in [0.15, 0.2) is 0 Å². The first kappa shape index (κ1) is 6.99. The molecule has 9 heavy (non-hydrogen) atoms. The van der Waals surface area contributed by atoms with Crippen LogP contribution in [0, 0.1) is 0 Å². The third-order valence-electron chi connectivity index (χ3n) is 1.59. The maximum Gasteiger partial charge on any atom is 0.0635 e. The molecule has 0 aromatic rings. The molecular weight excluding hydrogens is 116 g/mol. The molecule has 1 heterocycles. The zero-order valence-corrected chi connectivity index (χ0v) is 5.76. The first-order valence-electron chi connectivity index (χ1n) is 3.37. The van der Waals surface area contributed by atoms with Gasteiger partial charge in [0.05, 0.1) is 13.2 Å². The SMILES string of the molecule is CC(N)C1COCCN1. The van der Waals surface area contributed by atoms with Gasteiger partial charge >= 0.3 is 0 Å². The second kappa shape index (κ2) is 3.15. The Morgan fingerprint density at radius 3 is 2.89 bits per heavy atom. The van der Waals surface area contributed by atoms with Crippen molar-refractivity contribution in [1.82, 2.24) is 5.32 Å². The molecule has 0 spiro atoms. The predicted molar refractivity (Wildman–Crippen MR) is 36.3 cm³/mol. The highest BCUT2D eigenvalue weighted by molar-refractivity contribution is 4.77. The summed E-state index contributed by atoms with van der Waals surface area (Å²) in [5.41, 5.74) is 5.62. The van der Waals surface area contributed by atoms with Crippen molar-refractivity contribution in [3.05, 3.63) is 0 Å². The molecule has 3 N–H and O–H groups in total. The molecule has 2 atom stereocenters. The lowest BCUT2D eigenvalue weighted by Gasteiger charge is -2.26. The minimum atomic E-state index is 0.199. The first-order valence-corrected chi connectivity index (χ1v) is 3.37. The summed E-state index contributed by atoms with van der Waals surface area (Å²) in [7, 11) is 0. The van der Waals surface area contributed by atoms with Crippen LogP contribution in [0.25, 0.3) is 0 Å². The number of ether oxygens (including phenoxy) is 1. The lowest BCUT2D eigenvalue weighted by atomic mass is 10.1. The Bertz CT molecular complexity index is 79.1. The molecular formula is C6H14N2O. The molecule has 3 heteroatoms. The Balaban J connectivity index is 2.23. The van der Waals surface area contributed by atoms with E-state index in [1.807, 2.05) is 6.92 Å². The van der Waals surface area contributed by atoms with Crippen LogP contribution in [0.3, 0.4) is 0 Å². The van der Waals surface area contributed by atoms with Gasteiger partial charge in [-0.3, -0.25) is 0 Å². The van der Waals surface area contributed by atoms with E-state index in [0.717, 1.165) is 19.8 Å². The maximum atomic E-state index is 5.62. The Morgan fingerprint density at radius 2 is 2.56 bits per heavy atom. The van der Waals surface area contributed by atoms with E-state index in [2.05, 4.69) is 5.32 Å². The molecule has 0 amide bonds. The third kappa shape index (κ3) is 1.93. The van der Waals surface area contributed by atoms with Gasteiger partial charge in [0.15, 0.2) is 0 Å². The van der Waals surface area contributed by atoms with Gasteiger partial charge in [-0.2, -0.15) is 0 Å². The van der Waals surface area contributed by atoms with Gasteiger partial charge in [-0.15, -0.1) is 0 Å². The molecule has 0 bridgehead atoms. The van der Waals surface area contributed by atoms with Crippen LogP contribution < -0.4 is 11.1 Å². The summed E-state index contributed by atoms with van der Waals surface area (Å²) in [6.45, 7) is 4.51. The van der Waals surface area contributed by atoms with E-state index in [0.29, 0.717) is 6.04 Å². The number of hydrogen-bond acceptors (Lipinski definition) is 3. The molecule has 2 unspecified atom stereocenters. The molecule has 0 aromatic heterocycles. The van der Waals surface area contributed by atoms with Gasteiger partial charge in [-0.25, -0.2) is 0 Å². The Kier molecular flexibility index (Phi) is 2.45. The number of hydrogen-bond donors (Lipinski definition) is 2. The first-order chi connectivity index (χ1) is 4.30. The average Bonchev–Trinajstić information content (AvgIpc) is 1.90. The van der Waals surface area contributed by atoms with Crippen molar-refractivity contribution in [3.63, 3.8) is 0 Å². The molecule has 1 aliphatic heterocycles. The summed E-state index contributed by atoms with van der Waals surface area (Å²) < 4.78 is 5.20. The van der Waals surface area contributed by atoms with Crippen molar-refractivity contribution in [2.45, 2.75) is 19.0 Å². The van der Waals surface area contributed by atoms with Crippen molar-refractivity contribution < 1.29 is 4.74 Å². The van der Waals surface area contributed by atoms with E-state index in [1.54, 1.807) is 0 Å². The van der Waals surface area contributed by atoms with Crippen molar-refractivity contribution in [1.29, 1.82) is 0 Å². The number of nitrogens with two attached hydrogens (primary N) is 1. The predicted octanol–water partition coefficient (Wildman–Crippen LogP) is -0.678.